The molecule has 0 spiro atoms. The zero-order chi connectivity index (χ0) is 19.0. The Bertz CT molecular complexity index is 1010. The lowest BCUT2D eigenvalue weighted by Gasteiger charge is -2.11. The van der Waals surface area contributed by atoms with Gasteiger partial charge in [0.2, 0.25) is 5.91 Å². The van der Waals surface area contributed by atoms with Crippen molar-refractivity contribution in [3.8, 4) is 11.4 Å². The van der Waals surface area contributed by atoms with Crippen LogP contribution in [-0.4, -0.2) is 28.5 Å². The van der Waals surface area contributed by atoms with Gasteiger partial charge in [0.05, 0.1) is 17.6 Å². The maximum Gasteiger partial charge on any atom is 0.238 e. The Hall–Kier alpha value is -2.73. The number of nitrogens with zero attached hydrogens (tertiary/aromatic N) is 2. The lowest BCUT2D eigenvalue weighted by atomic mass is 10.1. The largest absolute Gasteiger partial charge is 0.327 e. The molecule has 0 bridgehead atoms. The average molecular weight is 366 g/mol. The number of carbonyl (C=O) groups is 1. The maximum absolute atomic E-state index is 13.5. The Labute approximate surface area is 157 Å². The van der Waals surface area contributed by atoms with Crippen molar-refractivity contribution in [3.05, 3.63) is 47.8 Å². The Balaban J connectivity index is 1.56. The summed E-state index contributed by atoms with van der Waals surface area (Å²) in [4.78, 5) is 16.8. The zero-order valence-electron chi connectivity index (χ0n) is 15.6. The molecule has 6 heteroatoms. The lowest BCUT2D eigenvalue weighted by Crippen LogP contribution is -2.29. The highest BCUT2D eigenvalue weighted by Gasteiger charge is 2.20. The van der Waals surface area contributed by atoms with E-state index in [1.54, 1.807) is 6.07 Å². The molecule has 0 saturated heterocycles. The van der Waals surface area contributed by atoms with Gasteiger partial charge in [-0.15, -0.1) is 0 Å². The second-order valence-electron chi connectivity index (χ2n) is 7.28. The number of aryl methyl sites for hydroxylation is 2. The van der Waals surface area contributed by atoms with Crippen LogP contribution in [0.25, 0.3) is 22.4 Å². The van der Waals surface area contributed by atoms with Gasteiger partial charge in [0.15, 0.2) is 0 Å². The molecule has 1 aliphatic rings. The number of fused-ring (bicyclic) bond motifs is 1. The first-order valence-corrected chi connectivity index (χ1v) is 9.25. The zero-order valence-corrected chi connectivity index (χ0v) is 15.6. The van der Waals surface area contributed by atoms with Crippen LogP contribution in [0.1, 0.15) is 18.4 Å². The van der Waals surface area contributed by atoms with Crippen LogP contribution in [0, 0.1) is 18.7 Å². The molecular formula is C21H23FN4O. The van der Waals surface area contributed by atoms with Crippen LogP contribution in [0.5, 0.6) is 0 Å². The summed E-state index contributed by atoms with van der Waals surface area (Å²) < 4.78 is 15.4. The van der Waals surface area contributed by atoms with Crippen molar-refractivity contribution in [2.24, 2.45) is 13.0 Å². The van der Waals surface area contributed by atoms with Gasteiger partial charge in [-0.3, -0.25) is 4.79 Å². The number of hydrogen-bond acceptors (Lipinski definition) is 3. The number of nitrogens with one attached hydrogen (secondary N) is 2. The molecule has 0 radical (unpaired) electrons. The molecule has 1 fully saturated rings. The third-order valence-corrected chi connectivity index (χ3v) is 5.03. The van der Waals surface area contributed by atoms with Crippen molar-refractivity contribution in [2.45, 2.75) is 19.8 Å². The van der Waals surface area contributed by atoms with Crippen LogP contribution in [0.2, 0.25) is 0 Å². The highest BCUT2D eigenvalue weighted by molar-refractivity contribution is 5.93. The molecule has 0 atom stereocenters. The van der Waals surface area contributed by atoms with Crippen LogP contribution in [-0.2, 0) is 11.8 Å². The highest BCUT2D eigenvalue weighted by Crippen LogP contribution is 2.28. The van der Waals surface area contributed by atoms with Crippen LogP contribution in [0.3, 0.4) is 0 Å². The first-order valence-electron chi connectivity index (χ1n) is 9.25. The number of rotatable bonds is 6. The van der Waals surface area contributed by atoms with E-state index in [1.165, 1.54) is 25.0 Å². The van der Waals surface area contributed by atoms with Crippen molar-refractivity contribution in [1.29, 1.82) is 0 Å². The number of carbonyl (C=O) groups excluding carboxylic acids is 1. The number of imidazole rings is 1. The maximum atomic E-state index is 13.5. The van der Waals surface area contributed by atoms with Gasteiger partial charge in [0.1, 0.15) is 11.6 Å². The summed E-state index contributed by atoms with van der Waals surface area (Å²) in [5.41, 5.74) is 4.11. The molecule has 5 nitrogen and oxygen atoms in total. The minimum Gasteiger partial charge on any atom is -0.327 e. The summed E-state index contributed by atoms with van der Waals surface area (Å²) in [6.45, 7) is 3.18. The first-order chi connectivity index (χ1) is 13.0. The number of hydrogen-bond donors (Lipinski definition) is 2. The minimum absolute atomic E-state index is 0.0528. The van der Waals surface area contributed by atoms with E-state index in [9.17, 15) is 9.18 Å². The number of benzene rings is 2. The van der Waals surface area contributed by atoms with E-state index in [0.717, 1.165) is 40.6 Å². The van der Waals surface area contributed by atoms with Gasteiger partial charge < -0.3 is 15.2 Å². The molecular weight excluding hydrogens is 343 g/mol. The minimum atomic E-state index is -0.303. The van der Waals surface area contributed by atoms with Gasteiger partial charge in [-0.05, 0) is 56.0 Å². The Morgan fingerprint density at radius 3 is 2.85 bits per heavy atom. The topological polar surface area (TPSA) is 59.0 Å². The van der Waals surface area contributed by atoms with Gasteiger partial charge in [0, 0.05) is 24.4 Å². The summed E-state index contributed by atoms with van der Waals surface area (Å²) in [7, 11) is 1.91. The number of amides is 1. The molecule has 1 heterocycles. The molecule has 4 rings (SSSR count). The molecule has 1 aliphatic carbocycles. The van der Waals surface area contributed by atoms with Gasteiger partial charge >= 0.3 is 0 Å². The van der Waals surface area contributed by atoms with Crippen molar-refractivity contribution in [2.75, 3.05) is 18.4 Å². The molecule has 3 aromatic rings. The molecule has 0 aliphatic heterocycles. The molecule has 27 heavy (non-hydrogen) atoms. The molecule has 1 amide bonds. The van der Waals surface area contributed by atoms with E-state index >= 15 is 0 Å². The summed E-state index contributed by atoms with van der Waals surface area (Å²) in [5, 5.41) is 6.18. The fourth-order valence-corrected chi connectivity index (χ4v) is 3.23. The number of anilines is 1. The lowest BCUT2D eigenvalue weighted by molar-refractivity contribution is -0.115. The number of aromatic nitrogens is 2. The fraction of sp³-hybridized carbons (Fsp3) is 0.333. The van der Waals surface area contributed by atoms with Crippen molar-refractivity contribution >= 4 is 22.6 Å². The normalized spacial score (nSPS) is 13.9. The SMILES string of the molecule is Cc1ccc(-c2nc3cc(F)ccc3n2C)cc1NC(=O)CNCC1CC1. The second kappa shape index (κ2) is 7.12. The summed E-state index contributed by atoms with van der Waals surface area (Å²) >= 11 is 0. The van der Waals surface area contributed by atoms with Gasteiger partial charge in [-0.25, -0.2) is 9.37 Å². The van der Waals surface area contributed by atoms with Crippen LogP contribution >= 0.6 is 0 Å². The van der Waals surface area contributed by atoms with Crippen molar-refractivity contribution in [3.63, 3.8) is 0 Å². The predicted molar refractivity (Wildman–Crippen MR) is 105 cm³/mol. The first kappa shape index (κ1) is 17.7. The van der Waals surface area contributed by atoms with E-state index in [0.29, 0.717) is 12.1 Å². The van der Waals surface area contributed by atoms with E-state index in [-0.39, 0.29) is 11.7 Å². The highest BCUT2D eigenvalue weighted by atomic mass is 19.1. The van der Waals surface area contributed by atoms with E-state index < -0.39 is 0 Å². The smallest absolute Gasteiger partial charge is 0.238 e. The molecule has 0 unspecified atom stereocenters. The number of halogens is 1. The van der Waals surface area contributed by atoms with Crippen molar-refractivity contribution in [1.82, 2.24) is 14.9 Å². The Kier molecular flexibility index (Phi) is 4.66. The van der Waals surface area contributed by atoms with Crippen LogP contribution in [0.4, 0.5) is 10.1 Å². The third-order valence-electron chi connectivity index (χ3n) is 5.03. The third kappa shape index (κ3) is 3.85. The van der Waals surface area contributed by atoms with Gasteiger partial charge in [-0.2, -0.15) is 0 Å². The van der Waals surface area contributed by atoms with E-state index in [2.05, 4.69) is 15.6 Å². The quantitative estimate of drug-likeness (QED) is 0.700. The predicted octanol–water partition coefficient (Wildman–Crippen LogP) is 3.63. The fourth-order valence-electron chi connectivity index (χ4n) is 3.23. The molecule has 1 aromatic heterocycles. The Morgan fingerprint density at radius 2 is 2.07 bits per heavy atom. The van der Waals surface area contributed by atoms with E-state index in [4.69, 9.17) is 0 Å². The molecule has 1 saturated carbocycles. The molecule has 2 aromatic carbocycles. The molecule has 2 N–H and O–H groups in total. The van der Waals surface area contributed by atoms with Gasteiger partial charge in [0.25, 0.3) is 0 Å². The van der Waals surface area contributed by atoms with E-state index in [1.807, 2.05) is 36.7 Å². The average Bonchev–Trinajstić information content (AvgIpc) is 3.40. The van der Waals surface area contributed by atoms with Crippen molar-refractivity contribution < 1.29 is 9.18 Å². The Morgan fingerprint density at radius 1 is 1.26 bits per heavy atom. The molecule has 140 valence electrons. The standard InChI is InChI=1S/C21H23FN4O/c1-13-3-6-15(9-17(13)24-20(27)12-23-11-14-4-5-14)21-25-18-10-16(22)7-8-19(18)26(21)2/h3,6-10,14,23H,4-5,11-12H2,1-2H3,(H,24,27). The second-order valence-corrected chi connectivity index (χ2v) is 7.28. The summed E-state index contributed by atoms with van der Waals surface area (Å²) in [6, 6.07) is 10.4. The van der Waals surface area contributed by atoms with Crippen LogP contribution in [0.15, 0.2) is 36.4 Å². The summed E-state index contributed by atoms with van der Waals surface area (Å²) in [6.07, 6.45) is 2.52. The van der Waals surface area contributed by atoms with Crippen LogP contribution < -0.4 is 10.6 Å². The van der Waals surface area contributed by atoms with Gasteiger partial charge in [-0.1, -0.05) is 12.1 Å². The monoisotopic (exact) mass is 366 g/mol. The summed E-state index contributed by atoms with van der Waals surface area (Å²) in [5.74, 6) is 1.12.